The second-order valence-electron chi connectivity index (χ2n) is 4.54. The van der Waals surface area contributed by atoms with E-state index >= 15 is 0 Å². The maximum Gasteiger partial charge on any atom is 0.250 e. The molecule has 5 nitrogen and oxygen atoms in total. The molecule has 2 heterocycles. The molecule has 6 heteroatoms. The van der Waals surface area contributed by atoms with Gasteiger partial charge in [0.2, 0.25) is 0 Å². The van der Waals surface area contributed by atoms with Crippen molar-refractivity contribution in [2.45, 2.75) is 32.4 Å². The standard InChI is InChI=1S/C12H14BrN5/c1-8-9(4-14-11-2-3-11)5-15-12(17-8)18-7-10(13)6-16-18/h5-7,11,14H,2-4H2,1H3. The largest absolute Gasteiger partial charge is 0.310 e. The number of hydrogen-bond acceptors (Lipinski definition) is 4. The Hall–Kier alpha value is -1.27. The van der Waals surface area contributed by atoms with E-state index in [1.54, 1.807) is 10.9 Å². The molecule has 0 aromatic carbocycles. The zero-order chi connectivity index (χ0) is 12.5. The average Bonchev–Trinajstić information content (AvgIpc) is 3.08. The van der Waals surface area contributed by atoms with E-state index < -0.39 is 0 Å². The number of aryl methyl sites for hydroxylation is 1. The van der Waals surface area contributed by atoms with Crippen LogP contribution in [0.3, 0.4) is 0 Å². The fraction of sp³-hybridized carbons (Fsp3) is 0.417. The average molecular weight is 308 g/mol. The Balaban J connectivity index is 1.79. The molecule has 0 atom stereocenters. The van der Waals surface area contributed by atoms with Crippen molar-refractivity contribution in [3.8, 4) is 5.95 Å². The quantitative estimate of drug-likeness (QED) is 0.938. The van der Waals surface area contributed by atoms with Crippen LogP contribution in [0.4, 0.5) is 0 Å². The molecule has 2 aromatic rings. The van der Waals surface area contributed by atoms with Gasteiger partial charge in [-0.2, -0.15) is 5.10 Å². The Morgan fingerprint density at radius 3 is 2.89 bits per heavy atom. The Kier molecular flexibility index (Phi) is 3.13. The van der Waals surface area contributed by atoms with Crippen LogP contribution in [0.2, 0.25) is 0 Å². The van der Waals surface area contributed by atoms with Gasteiger partial charge in [-0.05, 0) is 35.7 Å². The third-order valence-electron chi connectivity index (χ3n) is 2.98. The van der Waals surface area contributed by atoms with Gasteiger partial charge in [0.1, 0.15) is 0 Å². The van der Waals surface area contributed by atoms with Crippen molar-refractivity contribution in [1.29, 1.82) is 0 Å². The smallest absolute Gasteiger partial charge is 0.250 e. The molecule has 1 saturated carbocycles. The van der Waals surface area contributed by atoms with Gasteiger partial charge in [0.15, 0.2) is 0 Å². The van der Waals surface area contributed by atoms with Crippen LogP contribution in [-0.4, -0.2) is 25.8 Å². The first kappa shape index (κ1) is 11.8. The van der Waals surface area contributed by atoms with Crippen molar-refractivity contribution < 1.29 is 0 Å². The second kappa shape index (κ2) is 4.78. The summed E-state index contributed by atoms with van der Waals surface area (Å²) in [4.78, 5) is 8.83. The number of rotatable bonds is 4. The molecule has 1 aliphatic rings. The van der Waals surface area contributed by atoms with Crippen molar-refractivity contribution >= 4 is 15.9 Å². The van der Waals surface area contributed by atoms with Crippen LogP contribution in [0.25, 0.3) is 5.95 Å². The second-order valence-corrected chi connectivity index (χ2v) is 5.45. The summed E-state index contributed by atoms with van der Waals surface area (Å²) in [6.45, 7) is 2.85. The van der Waals surface area contributed by atoms with Crippen molar-refractivity contribution in [3.05, 3.63) is 34.3 Å². The predicted octanol–water partition coefficient (Wildman–Crippen LogP) is 1.99. The molecule has 1 aliphatic carbocycles. The van der Waals surface area contributed by atoms with E-state index in [0.29, 0.717) is 12.0 Å². The highest BCUT2D eigenvalue weighted by molar-refractivity contribution is 9.10. The van der Waals surface area contributed by atoms with E-state index in [9.17, 15) is 0 Å². The molecule has 3 rings (SSSR count). The molecule has 0 aliphatic heterocycles. The van der Waals surface area contributed by atoms with Gasteiger partial charge in [-0.1, -0.05) is 0 Å². The first-order valence-electron chi connectivity index (χ1n) is 5.99. The van der Waals surface area contributed by atoms with E-state index in [1.165, 1.54) is 12.8 Å². The van der Waals surface area contributed by atoms with Crippen molar-refractivity contribution in [1.82, 2.24) is 25.1 Å². The van der Waals surface area contributed by atoms with Crippen LogP contribution in [0.1, 0.15) is 24.1 Å². The topological polar surface area (TPSA) is 55.6 Å². The van der Waals surface area contributed by atoms with Crippen molar-refractivity contribution in [3.63, 3.8) is 0 Å². The summed E-state index contributed by atoms with van der Waals surface area (Å²) in [5.41, 5.74) is 2.15. The fourth-order valence-corrected chi connectivity index (χ4v) is 2.00. The van der Waals surface area contributed by atoms with Crippen LogP contribution in [-0.2, 0) is 6.54 Å². The molecule has 94 valence electrons. The van der Waals surface area contributed by atoms with Crippen LogP contribution in [0.15, 0.2) is 23.1 Å². The Morgan fingerprint density at radius 2 is 2.28 bits per heavy atom. The minimum atomic E-state index is 0.605. The molecular weight excluding hydrogens is 294 g/mol. The molecule has 2 aromatic heterocycles. The van der Waals surface area contributed by atoms with Gasteiger partial charge in [0, 0.05) is 36.2 Å². The van der Waals surface area contributed by atoms with Crippen molar-refractivity contribution in [2.24, 2.45) is 0 Å². The highest BCUT2D eigenvalue weighted by atomic mass is 79.9. The molecule has 0 spiro atoms. The maximum absolute atomic E-state index is 4.48. The van der Waals surface area contributed by atoms with Crippen LogP contribution in [0.5, 0.6) is 0 Å². The first-order valence-corrected chi connectivity index (χ1v) is 6.78. The van der Waals surface area contributed by atoms with Gasteiger partial charge >= 0.3 is 0 Å². The zero-order valence-electron chi connectivity index (χ0n) is 10.1. The fourth-order valence-electron chi connectivity index (χ4n) is 1.72. The van der Waals surface area contributed by atoms with Gasteiger partial charge in [-0.15, -0.1) is 0 Å². The molecule has 0 amide bonds. The van der Waals surface area contributed by atoms with Crippen LogP contribution in [0, 0.1) is 6.92 Å². The van der Waals surface area contributed by atoms with Gasteiger partial charge in [-0.25, -0.2) is 14.6 Å². The lowest BCUT2D eigenvalue weighted by molar-refractivity contribution is 0.675. The van der Waals surface area contributed by atoms with E-state index in [-0.39, 0.29) is 0 Å². The van der Waals surface area contributed by atoms with Gasteiger partial charge in [-0.3, -0.25) is 0 Å². The normalized spacial score (nSPS) is 15.0. The number of nitrogens with one attached hydrogen (secondary N) is 1. The molecule has 1 fully saturated rings. The van der Waals surface area contributed by atoms with E-state index in [4.69, 9.17) is 0 Å². The zero-order valence-corrected chi connectivity index (χ0v) is 11.7. The number of aromatic nitrogens is 4. The monoisotopic (exact) mass is 307 g/mol. The van der Waals surface area contributed by atoms with Crippen molar-refractivity contribution in [2.75, 3.05) is 0 Å². The molecule has 0 radical (unpaired) electrons. The lowest BCUT2D eigenvalue weighted by Crippen LogP contribution is -2.17. The molecule has 18 heavy (non-hydrogen) atoms. The predicted molar refractivity (Wildman–Crippen MR) is 71.5 cm³/mol. The molecule has 0 bridgehead atoms. The van der Waals surface area contributed by atoms with E-state index in [2.05, 4.69) is 36.3 Å². The summed E-state index contributed by atoms with van der Waals surface area (Å²) in [5, 5.41) is 7.64. The number of nitrogens with zero attached hydrogens (tertiary/aromatic N) is 4. The van der Waals surface area contributed by atoms with Gasteiger partial charge < -0.3 is 5.32 Å². The summed E-state index contributed by atoms with van der Waals surface area (Å²) in [5.74, 6) is 0.605. The lowest BCUT2D eigenvalue weighted by atomic mass is 10.2. The summed E-state index contributed by atoms with van der Waals surface area (Å²) < 4.78 is 2.58. The SMILES string of the molecule is Cc1nc(-n2cc(Br)cn2)ncc1CNC1CC1. The number of hydrogen-bond donors (Lipinski definition) is 1. The first-order chi connectivity index (χ1) is 8.72. The van der Waals surface area contributed by atoms with Gasteiger partial charge in [0.05, 0.1) is 10.7 Å². The lowest BCUT2D eigenvalue weighted by Gasteiger charge is -2.07. The third kappa shape index (κ3) is 2.59. The Bertz CT molecular complexity index is 561. The third-order valence-corrected chi connectivity index (χ3v) is 3.39. The maximum atomic E-state index is 4.48. The molecular formula is C12H14BrN5. The summed E-state index contributed by atoms with van der Waals surface area (Å²) in [6.07, 6.45) is 8.03. The Morgan fingerprint density at radius 1 is 1.44 bits per heavy atom. The molecule has 0 saturated heterocycles. The van der Waals surface area contributed by atoms with E-state index in [0.717, 1.165) is 22.3 Å². The highest BCUT2D eigenvalue weighted by Crippen LogP contribution is 2.19. The summed E-state index contributed by atoms with van der Waals surface area (Å²) in [7, 11) is 0. The minimum absolute atomic E-state index is 0.605. The highest BCUT2D eigenvalue weighted by Gasteiger charge is 2.20. The Labute approximate surface area is 114 Å². The molecule has 1 N–H and O–H groups in total. The van der Waals surface area contributed by atoms with Crippen LogP contribution >= 0.6 is 15.9 Å². The van der Waals surface area contributed by atoms with E-state index in [1.807, 2.05) is 19.3 Å². The van der Waals surface area contributed by atoms with Crippen LogP contribution < -0.4 is 5.32 Å². The molecule has 0 unspecified atom stereocenters. The minimum Gasteiger partial charge on any atom is -0.310 e. The number of halogens is 1. The summed E-state index contributed by atoms with van der Waals surface area (Å²) in [6, 6.07) is 0.700. The van der Waals surface area contributed by atoms with Gasteiger partial charge in [0.25, 0.3) is 5.95 Å². The summed E-state index contributed by atoms with van der Waals surface area (Å²) >= 11 is 3.36.